The average Bonchev–Trinajstić information content (AvgIpc) is 2.99. The number of aliphatic carboxylic acids is 1. The fourth-order valence-electron chi connectivity index (χ4n) is 2.13. The molecule has 4 nitrogen and oxygen atoms in total. The fourth-order valence-corrected chi connectivity index (χ4v) is 3.17. The zero-order chi connectivity index (χ0) is 14.1. The van der Waals surface area contributed by atoms with Gasteiger partial charge in [0.25, 0.3) is 0 Å². The van der Waals surface area contributed by atoms with E-state index in [1.165, 1.54) is 11.3 Å². The molecule has 0 fully saturated rings. The van der Waals surface area contributed by atoms with E-state index in [-0.39, 0.29) is 6.42 Å². The number of rotatable bonds is 4. The van der Waals surface area contributed by atoms with E-state index >= 15 is 0 Å². The number of halogens is 1. The van der Waals surface area contributed by atoms with Gasteiger partial charge in [0, 0.05) is 6.54 Å². The van der Waals surface area contributed by atoms with Crippen molar-refractivity contribution in [2.24, 2.45) is 0 Å². The predicted octanol–water partition coefficient (Wildman–Crippen LogP) is 3.89. The van der Waals surface area contributed by atoms with Crippen LogP contribution in [0.25, 0.3) is 21.7 Å². The van der Waals surface area contributed by atoms with Gasteiger partial charge in [0.1, 0.15) is 0 Å². The van der Waals surface area contributed by atoms with E-state index in [0.717, 1.165) is 21.7 Å². The van der Waals surface area contributed by atoms with Gasteiger partial charge in [0.15, 0.2) is 5.82 Å². The van der Waals surface area contributed by atoms with Crippen LogP contribution in [0.1, 0.15) is 6.42 Å². The molecular weight excluding hydrogens is 296 g/mol. The van der Waals surface area contributed by atoms with E-state index in [0.29, 0.717) is 10.9 Å². The summed E-state index contributed by atoms with van der Waals surface area (Å²) in [6.45, 7) is 0.390. The summed E-state index contributed by atoms with van der Waals surface area (Å²) in [4.78, 5) is 16.4. The number of hydrogen-bond acceptors (Lipinski definition) is 3. The van der Waals surface area contributed by atoms with Crippen molar-refractivity contribution in [3.05, 3.63) is 40.7 Å². The fraction of sp³-hybridized carbons (Fsp3) is 0.143. The quantitative estimate of drug-likeness (QED) is 0.795. The molecule has 3 aromatic rings. The number of para-hydroxylation sites is 2. The van der Waals surface area contributed by atoms with Crippen LogP contribution in [0.5, 0.6) is 0 Å². The molecule has 6 heteroatoms. The average molecular weight is 307 g/mol. The molecule has 2 heterocycles. The Bertz CT molecular complexity index is 778. The number of hydrogen-bond donors (Lipinski definition) is 1. The van der Waals surface area contributed by atoms with Gasteiger partial charge in [-0.25, -0.2) is 4.98 Å². The second-order valence-corrected chi connectivity index (χ2v) is 6.04. The summed E-state index contributed by atoms with van der Waals surface area (Å²) in [5.74, 6) is -0.0534. The Morgan fingerprint density at radius 3 is 2.80 bits per heavy atom. The minimum atomic E-state index is -0.821. The Morgan fingerprint density at radius 1 is 1.30 bits per heavy atom. The summed E-state index contributed by atoms with van der Waals surface area (Å²) in [7, 11) is 0. The van der Waals surface area contributed by atoms with Gasteiger partial charge in [0.2, 0.25) is 0 Å². The Hall–Kier alpha value is -1.85. The van der Waals surface area contributed by atoms with Gasteiger partial charge in [-0.1, -0.05) is 23.7 Å². The first-order chi connectivity index (χ1) is 9.65. The molecule has 0 radical (unpaired) electrons. The summed E-state index contributed by atoms with van der Waals surface area (Å²) in [5.41, 5.74) is 1.80. The van der Waals surface area contributed by atoms with Crippen LogP contribution in [-0.4, -0.2) is 20.6 Å². The topological polar surface area (TPSA) is 55.1 Å². The molecule has 20 heavy (non-hydrogen) atoms. The van der Waals surface area contributed by atoms with Gasteiger partial charge in [-0.3, -0.25) is 4.79 Å². The summed E-state index contributed by atoms with van der Waals surface area (Å²) >= 11 is 7.42. The molecular formula is C14H11ClN2O2S. The van der Waals surface area contributed by atoms with Crippen molar-refractivity contribution in [2.75, 3.05) is 0 Å². The molecule has 1 N–H and O–H groups in total. The normalized spacial score (nSPS) is 11.1. The van der Waals surface area contributed by atoms with Crippen molar-refractivity contribution in [2.45, 2.75) is 13.0 Å². The smallest absolute Gasteiger partial charge is 0.305 e. The number of aryl methyl sites for hydroxylation is 1. The zero-order valence-corrected chi connectivity index (χ0v) is 12.0. The van der Waals surface area contributed by atoms with Crippen molar-refractivity contribution in [3.63, 3.8) is 0 Å². The minimum absolute atomic E-state index is 0.0620. The van der Waals surface area contributed by atoms with E-state index in [2.05, 4.69) is 4.98 Å². The number of nitrogens with zero attached hydrogens (tertiary/aromatic N) is 2. The van der Waals surface area contributed by atoms with Gasteiger partial charge < -0.3 is 9.67 Å². The third-order valence-corrected chi connectivity index (χ3v) is 4.22. The highest BCUT2D eigenvalue weighted by molar-refractivity contribution is 7.19. The molecule has 0 spiro atoms. The number of carboxylic acids is 1. The van der Waals surface area contributed by atoms with E-state index < -0.39 is 5.97 Å². The number of imidazole rings is 1. The molecule has 0 saturated heterocycles. The Morgan fingerprint density at radius 2 is 2.10 bits per heavy atom. The van der Waals surface area contributed by atoms with E-state index in [1.54, 1.807) is 0 Å². The van der Waals surface area contributed by atoms with Crippen molar-refractivity contribution >= 4 is 39.9 Å². The monoisotopic (exact) mass is 306 g/mol. The van der Waals surface area contributed by atoms with Crippen LogP contribution in [0.4, 0.5) is 0 Å². The minimum Gasteiger partial charge on any atom is -0.481 e. The van der Waals surface area contributed by atoms with Crippen LogP contribution in [0, 0.1) is 0 Å². The molecule has 0 aliphatic heterocycles. The van der Waals surface area contributed by atoms with E-state index in [4.69, 9.17) is 16.7 Å². The summed E-state index contributed by atoms with van der Waals surface area (Å²) in [6.07, 6.45) is 0.0620. The molecule has 1 aromatic carbocycles. The number of aromatic nitrogens is 2. The van der Waals surface area contributed by atoms with Gasteiger partial charge in [0.05, 0.1) is 26.7 Å². The van der Waals surface area contributed by atoms with Crippen molar-refractivity contribution in [3.8, 4) is 10.7 Å². The third kappa shape index (κ3) is 2.42. The SMILES string of the molecule is O=C(O)CCn1c(-c2ccc(Cl)s2)nc2ccccc21. The lowest BCUT2D eigenvalue weighted by Crippen LogP contribution is -2.05. The second kappa shape index (κ2) is 5.26. The molecule has 0 atom stereocenters. The molecule has 0 amide bonds. The molecule has 0 aliphatic rings. The number of benzene rings is 1. The highest BCUT2D eigenvalue weighted by Gasteiger charge is 2.14. The van der Waals surface area contributed by atoms with Gasteiger partial charge >= 0.3 is 5.97 Å². The van der Waals surface area contributed by atoms with E-state index in [1.807, 2.05) is 41.0 Å². The predicted molar refractivity (Wildman–Crippen MR) is 80.3 cm³/mol. The maximum Gasteiger partial charge on any atom is 0.305 e. The van der Waals surface area contributed by atoms with Crippen LogP contribution >= 0.6 is 22.9 Å². The number of fused-ring (bicyclic) bond motifs is 1. The first-order valence-corrected chi connectivity index (χ1v) is 7.27. The number of thiophene rings is 1. The standard InChI is InChI=1S/C14H11ClN2O2S/c15-12-6-5-11(20-12)14-16-9-3-1-2-4-10(9)17(14)8-7-13(18)19/h1-6H,7-8H2,(H,18,19). The van der Waals surface area contributed by atoms with Crippen molar-refractivity contribution in [1.29, 1.82) is 0 Å². The molecule has 102 valence electrons. The Kier molecular flexibility index (Phi) is 3.46. The maximum atomic E-state index is 10.8. The Balaban J connectivity index is 2.14. The van der Waals surface area contributed by atoms with Crippen LogP contribution in [0.2, 0.25) is 4.34 Å². The highest BCUT2D eigenvalue weighted by Crippen LogP contribution is 2.32. The third-order valence-electron chi connectivity index (χ3n) is 3.00. The summed E-state index contributed by atoms with van der Waals surface area (Å²) in [5, 5.41) is 8.90. The van der Waals surface area contributed by atoms with Gasteiger partial charge in [-0.15, -0.1) is 11.3 Å². The number of carbonyl (C=O) groups is 1. The second-order valence-electron chi connectivity index (χ2n) is 4.32. The van der Waals surface area contributed by atoms with Gasteiger partial charge in [-0.05, 0) is 24.3 Å². The molecule has 3 rings (SSSR count). The maximum absolute atomic E-state index is 10.8. The Labute approximate surface area is 124 Å². The largest absolute Gasteiger partial charge is 0.481 e. The van der Waals surface area contributed by atoms with E-state index in [9.17, 15) is 4.79 Å². The molecule has 0 unspecified atom stereocenters. The molecule has 0 saturated carbocycles. The first-order valence-electron chi connectivity index (χ1n) is 6.08. The molecule has 0 aliphatic carbocycles. The lowest BCUT2D eigenvalue weighted by atomic mass is 10.3. The van der Waals surface area contributed by atoms with Crippen molar-refractivity contribution in [1.82, 2.24) is 9.55 Å². The molecule has 2 aromatic heterocycles. The summed E-state index contributed by atoms with van der Waals surface area (Å²) in [6, 6.07) is 11.4. The lowest BCUT2D eigenvalue weighted by Gasteiger charge is -2.06. The van der Waals surface area contributed by atoms with Crippen molar-refractivity contribution < 1.29 is 9.90 Å². The van der Waals surface area contributed by atoms with Crippen LogP contribution < -0.4 is 0 Å². The highest BCUT2D eigenvalue weighted by atomic mass is 35.5. The molecule has 0 bridgehead atoms. The summed E-state index contributed by atoms with van der Waals surface area (Å²) < 4.78 is 2.63. The van der Waals surface area contributed by atoms with Crippen LogP contribution in [0.3, 0.4) is 0 Å². The van der Waals surface area contributed by atoms with Gasteiger partial charge in [-0.2, -0.15) is 0 Å². The van der Waals surface area contributed by atoms with Crippen LogP contribution in [0.15, 0.2) is 36.4 Å². The number of carboxylic acid groups (broad SMARTS) is 1. The van der Waals surface area contributed by atoms with Crippen LogP contribution in [-0.2, 0) is 11.3 Å². The first kappa shape index (κ1) is 13.1. The lowest BCUT2D eigenvalue weighted by molar-refractivity contribution is -0.137. The zero-order valence-electron chi connectivity index (χ0n) is 10.4.